The molecule has 2 aromatic rings. The van der Waals surface area contributed by atoms with Gasteiger partial charge >= 0.3 is 5.56 Å². The molecule has 0 amide bonds. The van der Waals surface area contributed by atoms with Crippen molar-refractivity contribution in [3.05, 3.63) is 51.2 Å². The number of rotatable bonds is 4. The molecule has 100 valence electrons. The third-order valence-electron chi connectivity index (χ3n) is 2.45. The van der Waals surface area contributed by atoms with Crippen LogP contribution < -0.4 is 10.3 Å². The van der Waals surface area contributed by atoms with Gasteiger partial charge in [-0.25, -0.2) is 9.37 Å². The van der Waals surface area contributed by atoms with Gasteiger partial charge < -0.3 is 9.30 Å². The van der Waals surface area contributed by atoms with Crippen molar-refractivity contribution in [2.24, 2.45) is 0 Å². The second kappa shape index (κ2) is 5.97. The first-order chi connectivity index (χ1) is 9.11. The van der Waals surface area contributed by atoms with Gasteiger partial charge in [0.2, 0.25) is 0 Å². The average molecular weight is 327 g/mol. The van der Waals surface area contributed by atoms with Gasteiger partial charge in [0.1, 0.15) is 11.6 Å². The number of aromatic nitrogens is 2. The Kier molecular flexibility index (Phi) is 4.31. The maximum atomic E-state index is 13.0. The summed E-state index contributed by atoms with van der Waals surface area (Å²) >= 11 is 3.18. The van der Waals surface area contributed by atoms with Gasteiger partial charge in [0.25, 0.3) is 5.88 Å². The van der Waals surface area contributed by atoms with E-state index < -0.39 is 0 Å². The molecular formula is C13H12BrFN2O2. The van der Waals surface area contributed by atoms with E-state index in [2.05, 4.69) is 20.9 Å². The van der Waals surface area contributed by atoms with Crippen molar-refractivity contribution in [1.29, 1.82) is 0 Å². The summed E-state index contributed by atoms with van der Waals surface area (Å²) in [6.45, 7) is 2.58. The van der Waals surface area contributed by atoms with Crippen LogP contribution in [-0.2, 0) is 6.54 Å². The van der Waals surface area contributed by atoms with Gasteiger partial charge in [-0.05, 0) is 40.5 Å². The minimum Gasteiger partial charge on any atom is -0.433 e. The number of hydrogen-bond donors (Lipinski definition) is 0. The zero-order valence-corrected chi connectivity index (χ0v) is 11.9. The first-order valence-corrected chi connectivity index (χ1v) is 6.59. The van der Waals surface area contributed by atoms with E-state index in [1.165, 1.54) is 29.0 Å². The molecule has 1 aromatic heterocycles. The number of halogens is 2. The summed E-state index contributed by atoms with van der Waals surface area (Å²) in [7, 11) is 0. The normalized spacial score (nSPS) is 10.5. The molecule has 0 radical (unpaired) electrons. The van der Waals surface area contributed by atoms with Crippen LogP contribution in [0.5, 0.6) is 11.6 Å². The minimum absolute atomic E-state index is 0.0248. The van der Waals surface area contributed by atoms with Crippen molar-refractivity contribution < 1.29 is 9.13 Å². The molecule has 1 heterocycles. The molecule has 0 aliphatic rings. The highest BCUT2D eigenvalue weighted by molar-refractivity contribution is 9.10. The molecule has 0 saturated carbocycles. The third-order valence-corrected chi connectivity index (χ3v) is 3.07. The van der Waals surface area contributed by atoms with Gasteiger partial charge in [0.05, 0.1) is 4.47 Å². The van der Waals surface area contributed by atoms with Crippen LogP contribution in [0.15, 0.2) is 39.9 Å². The summed E-state index contributed by atoms with van der Waals surface area (Å²) in [4.78, 5) is 15.9. The summed E-state index contributed by atoms with van der Waals surface area (Å²) in [5.74, 6) is -0.0628. The number of aryl methyl sites for hydroxylation is 1. The van der Waals surface area contributed by atoms with Crippen molar-refractivity contribution in [3.63, 3.8) is 0 Å². The number of hydrogen-bond acceptors (Lipinski definition) is 3. The zero-order valence-electron chi connectivity index (χ0n) is 10.3. The average Bonchev–Trinajstić information content (AvgIpc) is 2.37. The fraction of sp³-hybridized carbons (Fsp3) is 0.231. The van der Waals surface area contributed by atoms with Gasteiger partial charge in [-0.15, -0.1) is 0 Å². The Labute approximate surface area is 118 Å². The first-order valence-electron chi connectivity index (χ1n) is 5.80. The highest BCUT2D eigenvalue weighted by Gasteiger charge is 2.10. The number of ether oxygens (including phenoxy) is 1. The van der Waals surface area contributed by atoms with E-state index in [4.69, 9.17) is 4.74 Å². The maximum Gasteiger partial charge on any atom is 0.313 e. The fourth-order valence-electron chi connectivity index (χ4n) is 1.58. The Morgan fingerprint density at radius 1 is 1.47 bits per heavy atom. The minimum atomic E-state index is -0.386. The molecule has 0 spiro atoms. The summed E-state index contributed by atoms with van der Waals surface area (Å²) in [6.07, 6.45) is 3.95. The lowest BCUT2D eigenvalue weighted by Gasteiger charge is -2.08. The molecule has 0 aliphatic heterocycles. The molecule has 0 fully saturated rings. The van der Waals surface area contributed by atoms with Crippen molar-refractivity contribution in [2.75, 3.05) is 0 Å². The molecule has 4 nitrogen and oxygen atoms in total. The molecule has 0 aliphatic carbocycles. The van der Waals surface area contributed by atoms with E-state index in [9.17, 15) is 9.18 Å². The van der Waals surface area contributed by atoms with Crippen LogP contribution in [0.2, 0.25) is 0 Å². The van der Waals surface area contributed by atoms with Gasteiger partial charge in [0, 0.05) is 18.9 Å². The Hall–Kier alpha value is -1.69. The predicted molar refractivity (Wildman–Crippen MR) is 73.0 cm³/mol. The quantitative estimate of drug-likeness (QED) is 0.865. The smallest absolute Gasteiger partial charge is 0.313 e. The summed E-state index contributed by atoms with van der Waals surface area (Å²) < 4.78 is 20.3. The van der Waals surface area contributed by atoms with Gasteiger partial charge in [-0.1, -0.05) is 6.92 Å². The molecule has 0 unspecified atom stereocenters. The molecule has 19 heavy (non-hydrogen) atoms. The second-order valence-corrected chi connectivity index (χ2v) is 4.76. The first kappa shape index (κ1) is 13.7. The molecule has 2 rings (SSSR count). The standard InChI is InChI=1S/C13H12BrFN2O2/c1-2-6-17-7-5-16-12(13(17)18)19-11-4-3-9(15)8-10(11)14/h3-5,7-8H,2,6H2,1H3. The predicted octanol–water partition coefficient (Wildman–Crippen LogP) is 3.35. The van der Waals surface area contributed by atoms with Crippen LogP contribution in [-0.4, -0.2) is 9.55 Å². The SMILES string of the molecule is CCCn1ccnc(Oc2ccc(F)cc2Br)c1=O. The summed E-state index contributed by atoms with van der Waals surface area (Å²) in [5, 5.41) is 0. The number of nitrogens with zero attached hydrogens (tertiary/aromatic N) is 2. The van der Waals surface area contributed by atoms with Crippen molar-refractivity contribution in [3.8, 4) is 11.6 Å². The van der Waals surface area contributed by atoms with Crippen LogP contribution in [0.1, 0.15) is 13.3 Å². The third kappa shape index (κ3) is 3.20. The summed E-state index contributed by atoms with van der Waals surface area (Å²) in [5.41, 5.74) is -0.305. The highest BCUT2D eigenvalue weighted by Crippen LogP contribution is 2.28. The topological polar surface area (TPSA) is 44.1 Å². The van der Waals surface area contributed by atoms with E-state index in [0.29, 0.717) is 16.8 Å². The van der Waals surface area contributed by atoms with Gasteiger partial charge in [0.15, 0.2) is 0 Å². The van der Waals surface area contributed by atoms with E-state index in [1.807, 2.05) is 6.92 Å². The Bertz CT molecular complexity index is 643. The lowest BCUT2D eigenvalue weighted by atomic mass is 10.3. The van der Waals surface area contributed by atoms with E-state index in [0.717, 1.165) is 6.42 Å². The van der Waals surface area contributed by atoms with Crippen molar-refractivity contribution in [1.82, 2.24) is 9.55 Å². The molecule has 1 aromatic carbocycles. The van der Waals surface area contributed by atoms with Crippen LogP contribution in [0.4, 0.5) is 4.39 Å². The fourth-order valence-corrected chi connectivity index (χ4v) is 2.01. The van der Waals surface area contributed by atoms with Crippen LogP contribution in [0, 0.1) is 5.82 Å². The maximum absolute atomic E-state index is 13.0. The molecule has 0 N–H and O–H groups in total. The van der Waals surface area contributed by atoms with Gasteiger partial charge in [-0.3, -0.25) is 4.79 Å². The lowest BCUT2D eigenvalue weighted by Crippen LogP contribution is -2.21. The molecule has 0 saturated heterocycles. The lowest BCUT2D eigenvalue weighted by molar-refractivity contribution is 0.439. The molecule has 0 atom stereocenters. The monoisotopic (exact) mass is 326 g/mol. The molecule has 0 bridgehead atoms. The summed E-state index contributed by atoms with van der Waals surface area (Å²) in [6, 6.07) is 3.97. The van der Waals surface area contributed by atoms with E-state index >= 15 is 0 Å². The Morgan fingerprint density at radius 2 is 2.26 bits per heavy atom. The largest absolute Gasteiger partial charge is 0.433 e. The second-order valence-electron chi connectivity index (χ2n) is 3.91. The number of benzene rings is 1. The van der Waals surface area contributed by atoms with E-state index in [1.54, 1.807) is 6.20 Å². The Balaban J connectivity index is 2.33. The van der Waals surface area contributed by atoms with Crippen molar-refractivity contribution >= 4 is 15.9 Å². The highest BCUT2D eigenvalue weighted by atomic mass is 79.9. The molecular weight excluding hydrogens is 315 g/mol. The van der Waals surface area contributed by atoms with Crippen molar-refractivity contribution in [2.45, 2.75) is 19.9 Å². The Morgan fingerprint density at radius 3 is 2.95 bits per heavy atom. The van der Waals surface area contributed by atoms with E-state index in [-0.39, 0.29) is 17.3 Å². The van der Waals surface area contributed by atoms with Gasteiger partial charge in [-0.2, -0.15) is 0 Å². The van der Waals surface area contributed by atoms with Crippen LogP contribution in [0.3, 0.4) is 0 Å². The zero-order chi connectivity index (χ0) is 13.8. The van der Waals surface area contributed by atoms with Crippen LogP contribution in [0.25, 0.3) is 0 Å². The van der Waals surface area contributed by atoms with Crippen LogP contribution >= 0.6 is 15.9 Å². The molecule has 6 heteroatoms.